The van der Waals surface area contributed by atoms with Crippen LogP contribution in [0.3, 0.4) is 0 Å². The standard InChI is InChI=1S/C15H25N4OPS2.C13H16N2OS.C3H8N2S.ClH.H3P/c16-14(23-11-21)18-15(22)17-12-3-5-13(6-4-12)20-10-9-19-7-1-2-8-19;17-11-14-12-3-5-13(6-4-12)16-10-9-15-7-1-2-8-15;1-2-6-3(4)5;;/h3-6,14H,1-2,7-11,16,21H2,(H2,17,18,22);3-6H,1-2,7-10H2;2H2,1H3,(H3,4,5);1H;1H3. The van der Waals surface area contributed by atoms with E-state index in [1.165, 1.54) is 63.6 Å². The van der Waals surface area contributed by atoms with Crippen LogP contribution in [0.25, 0.3) is 0 Å². The number of hydrogen-bond acceptors (Lipinski definition) is 11. The number of nitrogens with zero attached hydrogens (tertiary/aromatic N) is 3. The zero-order chi connectivity index (χ0) is 33.4. The molecule has 2 aromatic carbocycles. The summed E-state index contributed by atoms with van der Waals surface area (Å²) >= 11 is 12.7. The number of isothiocyanates is 1. The lowest BCUT2D eigenvalue weighted by Crippen LogP contribution is -2.41. The third kappa shape index (κ3) is 22.4. The summed E-state index contributed by atoms with van der Waals surface area (Å²) in [5.74, 6) is 2.66. The van der Waals surface area contributed by atoms with Crippen LogP contribution >= 0.6 is 79.5 Å². The Hall–Kier alpha value is -1.27. The number of nitrogens with two attached hydrogens (primary N) is 2. The van der Waals surface area contributed by atoms with E-state index in [0.717, 1.165) is 60.4 Å². The van der Waals surface area contributed by atoms with Gasteiger partial charge >= 0.3 is 0 Å². The summed E-state index contributed by atoms with van der Waals surface area (Å²) in [5, 5.41) is 15.8. The Kier molecular flexibility index (Phi) is 28.7. The van der Waals surface area contributed by atoms with E-state index in [0.29, 0.717) is 5.11 Å². The Morgan fingerprint density at radius 3 is 1.85 bits per heavy atom. The molecule has 2 heterocycles. The van der Waals surface area contributed by atoms with Gasteiger partial charge in [0.1, 0.15) is 30.2 Å². The van der Waals surface area contributed by atoms with E-state index in [4.69, 9.17) is 38.6 Å². The largest absolute Gasteiger partial charge is 0.492 e. The summed E-state index contributed by atoms with van der Waals surface area (Å²) in [4.78, 5) is 8.77. The molecule has 10 nitrogen and oxygen atoms in total. The normalized spacial score (nSPS) is 14.2. The number of hydrogen-bond donors (Lipinski definition) is 5. The lowest BCUT2D eigenvalue weighted by Gasteiger charge is -2.16. The van der Waals surface area contributed by atoms with Gasteiger partial charge in [-0.25, -0.2) is 0 Å². The van der Waals surface area contributed by atoms with Gasteiger partial charge in [-0.2, -0.15) is 14.9 Å². The van der Waals surface area contributed by atoms with E-state index < -0.39 is 0 Å². The summed E-state index contributed by atoms with van der Waals surface area (Å²) in [7, 11) is 2.62. The Bertz CT molecular complexity index is 1190. The number of anilines is 1. The van der Waals surface area contributed by atoms with E-state index >= 15 is 0 Å². The smallest absolute Gasteiger partial charge is 0.172 e. The van der Waals surface area contributed by atoms with Crippen LogP contribution in [0, 0.1) is 5.41 Å². The molecule has 0 amide bonds. The van der Waals surface area contributed by atoms with E-state index in [-0.39, 0.29) is 33.0 Å². The molecule has 0 aliphatic carbocycles. The van der Waals surface area contributed by atoms with Crippen molar-refractivity contribution >= 4 is 106 Å². The highest BCUT2D eigenvalue weighted by Gasteiger charge is 2.11. The van der Waals surface area contributed by atoms with Crippen molar-refractivity contribution in [1.29, 1.82) is 5.41 Å². The minimum absolute atomic E-state index is 0. The van der Waals surface area contributed by atoms with Crippen LogP contribution in [-0.2, 0) is 0 Å². The molecule has 2 aliphatic rings. The van der Waals surface area contributed by atoms with E-state index in [9.17, 15) is 0 Å². The molecule has 0 bridgehead atoms. The summed E-state index contributed by atoms with van der Waals surface area (Å²) < 4.78 is 11.5. The van der Waals surface area contributed by atoms with Crippen molar-refractivity contribution in [3.8, 4) is 11.5 Å². The van der Waals surface area contributed by atoms with Crippen LogP contribution in [0.5, 0.6) is 11.5 Å². The summed E-state index contributed by atoms with van der Waals surface area (Å²) in [6.07, 6.45) is 5.27. The summed E-state index contributed by atoms with van der Waals surface area (Å²) in [5.41, 5.74) is 13.2. The fourth-order valence-electron chi connectivity index (χ4n) is 4.50. The van der Waals surface area contributed by atoms with Crippen LogP contribution in [0.2, 0.25) is 0 Å². The SMILES string of the molecule is CCSC(=N)N.Cl.NC(NC(=S)Nc1ccc(OCCN2CCCC2)cc1)SCP.P.S=C=Nc1ccc(OCCN2CCCC2)cc1. The third-order valence-corrected chi connectivity index (χ3v) is 8.88. The van der Waals surface area contributed by atoms with Gasteiger partial charge in [-0.3, -0.25) is 15.2 Å². The van der Waals surface area contributed by atoms with Gasteiger partial charge in [-0.05, 0) is 131 Å². The Labute approximate surface area is 318 Å². The molecule has 7 N–H and O–H groups in total. The van der Waals surface area contributed by atoms with E-state index in [1.807, 2.05) is 55.5 Å². The van der Waals surface area contributed by atoms with Crippen molar-refractivity contribution in [2.24, 2.45) is 16.5 Å². The molecule has 2 aromatic rings. The Morgan fingerprint density at radius 2 is 1.46 bits per heavy atom. The first kappa shape index (κ1) is 46.7. The second-order valence-electron chi connectivity index (χ2n) is 10.2. The number of nitrogens with one attached hydrogen (secondary N) is 3. The fraction of sp³-hybridized carbons (Fsp3) is 0.516. The number of amidine groups is 1. The van der Waals surface area contributed by atoms with Crippen molar-refractivity contribution < 1.29 is 9.47 Å². The highest BCUT2D eigenvalue weighted by Crippen LogP contribution is 2.18. The van der Waals surface area contributed by atoms with Crippen LogP contribution in [0.15, 0.2) is 53.5 Å². The fourth-order valence-corrected chi connectivity index (χ4v) is 6.27. The number of thioether (sulfide) groups is 2. The number of ether oxygens (including phenoxy) is 2. The molecule has 48 heavy (non-hydrogen) atoms. The zero-order valence-electron chi connectivity index (χ0n) is 27.7. The number of benzene rings is 2. The van der Waals surface area contributed by atoms with Crippen LogP contribution < -0.4 is 31.6 Å². The molecule has 0 spiro atoms. The molecule has 4 rings (SSSR count). The third-order valence-electron chi connectivity index (χ3n) is 6.72. The molecule has 2 fully saturated rings. The minimum Gasteiger partial charge on any atom is -0.492 e. The van der Waals surface area contributed by atoms with Gasteiger partial charge < -0.3 is 31.6 Å². The van der Waals surface area contributed by atoms with Crippen molar-refractivity contribution in [2.45, 2.75) is 38.1 Å². The molecule has 0 radical (unpaired) electrons. The predicted molar refractivity (Wildman–Crippen MR) is 228 cm³/mol. The lowest BCUT2D eigenvalue weighted by molar-refractivity contribution is 0.237. The van der Waals surface area contributed by atoms with Gasteiger partial charge in [0, 0.05) is 24.3 Å². The second kappa shape index (κ2) is 29.5. The highest BCUT2D eigenvalue weighted by atomic mass is 35.5. The number of likely N-dealkylation sites (tertiary alicyclic amines) is 2. The quantitative estimate of drug-likeness (QED) is 0.0485. The molecule has 2 aliphatic heterocycles. The van der Waals surface area contributed by atoms with Crippen LogP contribution in [0.1, 0.15) is 32.6 Å². The maximum atomic E-state index is 6.64. The van der Waals surface area contributed by atoms with Crippen molar-refractivity contribution in [3.05, 3.63) is 48.5 Å². The lowest BCUT2D eigenvalue weighted by atomic mass is 10.3. The predicted octanol–water partition coefficient (Wildman–Crippen LogP) is 6.26. The molecule has 2 saturated heterocycles. The maximum Gasteiger partial charge on any atom is 0.172 e. The van der Waals surface area contributed by atoms with E-state index in [1.54, 1.807) is 11.8 Å². The molecule has 3 atom stereocenters. The highest BCUT2D eigenvalue weighted by molar-refractivity contribution is 8.13. The topological polar surface area (TPSA) is 137 Å². The van der Waals surface area contributed by atoms with Crippen molar-refractivity contribution in [1.82, 2.24) is 15.1 Å². The number of halogens is 1. The molecule has 3 unspecified atom stereocenters. The van der Waals surface area contributed by atoms with Gasteiger partial charge in [0.05, 0.1) is 10.8 Å². The molecule has 17 heteroatoms. The molecule has 0 saturated carbocycles. The first-order chi connectivity index (χ1) is 22.3. The zero-order valence-corrected chi connectivity index (χ0v) is 34.4. The number of thiocarbonyl (C=S) groups is 2. The number of rotatable bonds is 14. The number of aliphatic imine (C=N–C) groups is 1. The Morgan fingerprint density at radius 1 is 0.979 bits per heavy atom. The van der Waals surface area contributed by atoms with Gasteiger partial charge in [0.2, 0.25) is 0 Å². The summed E-state index contributed by atoms with van der Waals surface area (Å²) in [6, 6.07) is 15.4. The molecule has 270 valence electrons. The van der Waals surface area contributed by atoms with Gasteiger partial charge in [0.15, 0.2) is 10.3 Å². The van der Waals surface area contributed by atoms with Gasteiger partial charge in [-0.1, -0.05) is 18.7 Å². The minimum atomic E-state index is -0.208. The van der Waals surface area contributed by atoms with Gasteiger partial charge in [0.25, 0.3) is 0 Å². The maximum absolute atomic E-state index is 6.64. The molecular weight excluding hydrogens is 742 g/mol. The van der Waals surface area contributed by atoms with Gasteiger partial charge in [-0.15, -0.1) is 33.4 Å². The average molecular weight is 795 g/mol. The van der Waals surface area contributed by atoms with E-state index in [2.05, 4.69) is 52.0 Å². The second-order valence-corrected chi connectivity index (χ2v) is 14.2. The monoisotopic (exact) mass is 794 g/mol. The summed E-state index contributed by atoms with van der Waals surface area (Å²) in [6.45, 7) is 10.3. The molecular formula is C31H53ClN8O2P2S4. The van der Waals surface area contributed by atoms with Crippen molar-refractivity contribution in [3.63, 3.8) is 0 Å². The first-order valence-corrected chi connectivity index (χ1v) is 19.1. The van der Waals surface area contributed by atoms with Crippen LogP contribution in [-0.4, -0.2) is 94.5 Å². The first-order valence-electron chi connectivity index (χ1n) is 15.4. The van der Waals surface area contributed by atoms with Crippen LogP contribution in [0.4, 0.5) is 11.4 Å². The average Bonchev–Trinajstić information content (AvgIpc) is 3.75. The Balaban J connectivity index is 0.000000780. The molecule has 0 aromatic heterocycles. The van der Waals surface area contributed by atoms with Crippen molar-refractivity contribution in [2.75, 3.05) is 69.0 Å².